The van der Waals surface area contributed by atoms with Gasteiger partial charge in [-0.3, -0.25) is 9.59 Å². The number of carbonyl (C=O) groups is 2. The maximum atomic E-state index is 14.6. The molecule has 0 radical (unpaired) electrons. The number of hydrogen-bond acceptors (Lipinski definition) is 5. The largest absolute Gasteiger partial charge is 0.384 e. The van der Waals surface area contributed by atoms with Crippen molar-refractivity contribution in [1.82, 2.24) is 9.88 Å². The highest BCUT2D eigenvalue weighted by molar-refractivity contribution is 5.93. The Morgan fingerprint density at radius 1 is 1.41 bits per heavy atom. The van der Waals surface area contributed by atoms with Crippen molar-refractivity contribution in [1.29, 1.82) is 0 Å². The molecular weight excluding hydrogens is 413 g/mol. The normalized spacial score (nSPS) is 18.9. The number of aliphatic hydroxyl groups is 1. The van der Waals surface area contributed by atoms with E-state index in [1.165, 1.54) is 23.1 Å². The Morgan fingerprint density at radius 3 is 2.78 bits per heavy atom. The number of benzene rings is 1. The number of methoxy groups -OCH3 is 1. The molecule has 1 aliphatic rings. The van der Waals surface area contributed by atoms with Crippen LogP contribution in [-0.4, -0.2) is 59.7 Å². The number of halogens is 1. The van der Waals surface area contributed by atoms with Crippen molar-refractivity contribution >= 4 is 11.8 Å². The summed E-state index contributed by atoms with van der Waals surface area (Å²) >= 11 is 0. The van der Waals surface area contributed by atoms with Gasteiger partial charge in [-0.1, -0.05) is 24.8 Å². The average molecular weight is 439 g/mol. The van der Waals surface area contributed by atoms with Crippen LogP contribution in [0.3, 0.4) is 0 Å². The lowest BCUT2D eigenvalue weighted by molar-refractivity contribution is -0.137. The number of hydrogen-bond donors (Lipinski definition) is 2. The summed E-state index contributed by atoms with van der Waals surface area (Å²) in [6.45, 7) is 2.90. The highest BCUT2D eigenvalue weighted by Gasteiger charge is 2.42. The zero-order valence-electron chi connectivity index (χ0n) is 18.3. The quantitative estimate of drug-likeness (QED) is 0.668. The molecule has 0 unspecified atom stereocenters. The molecular formula is C24H26FN3O4. The third kappa shape index (κ3) is 4.96. The second kappa shape index (κ2) is 9.47. The molecule has 1 saturated heterocycles. The molecule has 3 rings (SSSR count). The molecule has 7 nitrogen and oxygen atoms in total. The van der Waals surface area contributed by atoms with Crippen molar-refractivity contribution in [3.8, 4) is 23.1 Å². The molecule has 2 amide bonds. The van der Waals surface area contributed by atoms with E-state index in [0.717, 1.165) is 0 Å². The first-order chi connectivity index (χ1) is 15.1. The van der Waals surface area contributed by atoms with Gasteiger partial charge in [0.1, 0.15) is 11.5 Å². The number of likely N-dealkylation sites (tertiary alicyclic amines) is 1. The molecule has 1 aromatic carbocycles. The van der Waals surface area contributed by atoms with Crippen molar-refractivity contribution in [2.45, 2.75) is 25.4 Å². The lowest BCUT2D eigenvalue weighted by Gasteiger charge is -2.14. The highest BCUT2D eigenvalue weighted by atomic mass is 19.1. The first kappa shape index (κ1) is 23.4. The van der Waals surface area contributed by atoms with E-state index in [1.54, 1.807) is 26.3 Å². The van der Waals surface area contributed by atoms with Crippen molar-refractivity contribution < 1.29 is 23.8 Å². The Hall–Kier alpha value is -3.28. The van der Waals surface area contributed by atoms with E-state index in [1.807, 2.05) is 6.92 Å². The molecule has 3 N–H and O–H groups in total. The van der Waals surface area contributed by atoms with Crippen LogP contribution < -0.4 is 5.73 Å². The highest BCUT2D eigenvalue weighted by Crippen LogP contribution is 2.25. The second-order valence-corrected chi connectivity index (χ2v) is 8.11. The van der Waals surface area contributed by atoms with Crippen LogP contribution in [0.4, 0.5) is 4.39 Å². The molecule has 0 bridgehead atoms. The summed E-state index contributed by atoms with van der Waals surface area (Å²) < 4.78 is 19.7. The summed E-state index contributed by atoms with van der Waals surface area (Å²) in [5.41, 5.74) is 5.29. The van der Waals surface area contributed by atoms with Crippen LogP contribution in [0.5, 0.6) is 0 Å². The van der Waals surface area contributed by atoms with Gasteiger partial charge in [0.25, 0.3) is 11.8 Å². The molecule has 8 heteroatoms. The Kier molecular flexibility index (Phi) is 6.92. The van der Waals surface area contributed by atoms with Gasteiger partial charge in [0, 0.05) is 44.9 Å². The fraction of sp³-hybridized carbons (Fsp3) is 0.375. The summed E-state index contributed by atoms with van der Waals surface area (Å²) in [7, 11) is 3.20. The van der Waals surface area contributed by atoms with E-state index >= 15 is 0 Å². The van der Waals surface area contributed by atoms with Crippen LogP contribution >= 0.6 is 0 Å². The minimum atomic E-state index is -1.75. The molecule has 1 fully saturated rings. The second-order valence-electron chi connectivity index (χ2n) is 8.11. The molecule has 0 saturated carbocycles. The van der Waals surface area contributed by atoms with Crippen LogP contribution in [0.2, 0.25) is 0 Å². The van der Waals surface area contributed by atoms with E-state index in [-0.39, 0.29) is 29.3 Å². The van der Waals surface area contributed by atoms with Crippen LogP contribution in [0.1, 0.15) is 35.0 Å². The number of rotatable bonds is 6. The molecule has 168 valence electrons. The predicted molar refractivity (Wildman–Crippen MR) is 117 cm³/mol. The third-order valence-corrected chi connectivity index (χ3v) is 5.40. The zero-order valence-corrected chi connectivity index (χ0v) is 18.3. The lowest BCUT2D eigenvalue weighted by atomic mass is 9.98. The molecule has 1 aromatic heterocycles. The van der Waals surface area contributed by atoms with E-state index in [9.17, 15) is 19.1 Å². The van der Waals surface area contributed by atoms with Gasteiger partial charge in [-0.25, -0.2) is 9.37 Å². The van der Waals surface area contributed by atoms with Gasteiger partial charge in [-0.15, -0.1) is 0 Å². The first-order valence-electron chi connectivity index (χ1n) is 10.2. The van der Waals surface area contributed by atoms with Crippen molar-refractivity contribution in [3.63, 3.8) is 0 Å². The average Bonchev–Trinajstić information content (AvgIpc) is 3.01. The Morgan fingerprint density at radius 2 is 2.16 bits per heavy atom. The SMILES string of the molecule is COC[C@H](C)Cc1ccc(-c2cc(C#C[C@]3(O)CCN(C)C3=O)ccc2F)nc1C(N)=O. The van der Waals surface area contributed by atoms with Gasteiger partial charge in [0.15, 0.2) is 0 Å². The number of nitrogens with zero attached hydrogens (tertiary/aromatic N) is 2. The van der Waals surface area contributed by atoms with Gasteiger partial charge in [0.05, 0.1) is 5.69 Å². The molecule has 2 aromatic rings. The lowest BCUT2D eigenvalue weighted by Crippen LogP contribution is -2.37. The number of pyridine rings is 1. The van der Waals surface area contributed by atoms with Crippen molar-refractivity contribution in [2.24, 2.45) is 11.7 Å². The number of primary amides is 1. The van der Waals surface area contributed by atoms with Gasteiger partial charge in [0.2, 0.25) is 5.60 Å². The predicted octanol–water partition coefficient (Wildman–Crippen LogP) is 1.76. The van der Waals surface area contributed by atoms with E-state index in [0.29, 0.717) is 30.7 Å². The van der Waals surface area contributed by atoms with Crippen molar-refractivity contribution in [3.05, 3.63) is 53.0 Å². The molecule has 0 aliphatic carbocycles. The standard InChI is InChI=1S/C24H26FN3O4/c1-15(14-32-3)12-17-5-7-20(27-21(17)22(26)29)18-13-16(4-6-19(18)25)8-9-24(31)10-11-28(2)23(24)30/h4-7,13,15,31H,10-12,14H2,1-3H3,(H2,26,29)/t15-,24+/m1/s1. The number of aromatic nitrogens is 1. The number of likely N-dealkylation sites (N-methyl/N-ethyl adjacent to an activating group) is 1. The summed E-state index contributed by atoms with van der Waals surface area (Å²) in [5, 5.41) is 10.5. The van der Waals surface area contributed by atoms with Crippen molar-refractivity contribution in [2.75, 3.05) is 27.3 Å². The van der Waals surface area contributed by atoms with E-state index in [4.69, 9.17) is 10.5 Å². The Labute approximate surface area is 186 Å². The monoisotopic (exact) mass is 439 g/mol. The maximum Gasteiger partial charge on any atom is 0.267 e. The number of carbonyl (C=O) groups excluding carboxylic acids is 2. The Bertz CT molecular complexity index is 1110. The molecule has 2 atom stereocenters. The van der Waals surface area contributed by atoms with Crippen LogP contribution in [-0.2, 0) is 16.0 Å². The molecule has 2 heterocycles. The van der Waals surface area contributed by atoms with E-state index in [2.05, 4.69) is 16.8 Å². The minimum absolute atomic E-state index is 0.0789. The number of amides is 2. The minimum Gasteiger partial charge on any atom is -0.384 e. The summed E-state index contributed by atoms with van der Waals surface area (Å²) in [6.07, 6.45) is 0.740. The first-order valence-corrected chi connectivity index (χ1v) is 10.2. The smallest absolute Gasteiger partial charge is 0.267 e. The van der Waals surface area contributed by atoms with Gasteiger partial charge in [-0.2, -0.15) is 0 Å². The van der Waals surface area contributed by atoms with Crippen LogP contribution in [0.25, 0.3) is 11.3 Å². The molecule has 0 spiro atoms. The maximum absolute atomic E-state index is 14.6. The van der Waals surface area contributed by atoms with Gasteiger partial charge < -0.3 is 20.5 Å². The molecule has 1 aliphatic heterocycles. The number of ether oxygens (including phenoxy) is 1. The van der Waals surface area contributed by atoms with Gasteiger partial charge in [-0.05, 0) is 42.2 Å². The van der Waals surface area contributed by atoms with Crippen LogP contribution in [0.15, 0.2) is 30.3 Å². The summed E-state index contributed by atoms with van der Waals surface area (Å²) in [6, 6.07) is 7.48. The Balaban J connectivity index is 1.95. The third-order valence-electron chi connectivity index (χ3n) is 5.40. The molecule has 32 heavy (non-hydrogen) atoms. The zero-order chi connectivity index (χ0) is 23.5. The summed E-state index contributed by atoms with van der Waals surface area (Å²) in [5.74, 6) is 3.80. The van der Waals surface area contributed by atoms with E-state index < -0.39 is 23.2 Å². The van der Waals surface area contributed by atoms with Gasteiger partial charge >= 0.3 is 0 Å². The fourth-order valence-electron chi connectivity index (χ4n) is 3.68. The summed E-state index contributed by atoms with van der Waals surface area (Å²) in [4.78, 5) is 29.8. The number of nitrogens with two attached hydrogens (primary N) is 1. The topological polar surface area (TPSA) is 106 Å². The fourth-order valence-corrected chi connectivity index (χ4v) is 3.68. The van der Waals surface area contributed by atoms with Crippen LogP contribution in [0, 0.1) is 23.6 Å².